The van der Waals surface area contributed by atoms with Gasteiger partial charge in [-0.3, -0.25) is 9.58 Å². The highest BCUT2D eigenvalue weighted by molar-refractivity contribution is 5.11. The molecule has 1 aromatic rings. The smallest absolute Gasteiger partial charge is 0.113 e. The lowest BCUT2D eigenvalue weighted by molar-refractivity contribution is -0.0146. The lowest BCUT2D eigenvalue weighted by atomic mass is 9.92. The van der Waals surface area contributed by atoms with Crippen molar-refractivity contribution in [2.24, 2.45) is 0 Å². The van der Waals surface area contributed by atoms with Crippen LogP contribution in [0.15, 0.2) is 12.3 Å². The topological polar surface area (TPSA) is 41.3 Å². The van der Waals surface area contributed by atoms with Crippen LogP contribution in [0.2, 0.25) is 0 Å². The number of aryl methyl sites for hydroxylation is 1. The molecule has 0 aromatic carbocycles. The molecule has 1 unspecified atom stereocenters. The van der Waals surface area contributed by atoms with Crippen LogP contribution in [-0.4, -0.2) is 38.4 Å². The zero-order valence-electron chi connectivity index (χ0n) is 12.5. The van der Waals surface area contributed by atoms with Crippen LogP contribution in [0.25, 0.3) is 0 Å². The van der Waals surface area contributed by atoms with Crippen LogP contribution in [0.5, 0.6) is 0 Å². The maximum Gasteiger partial charge on any atom is 0.113 e. The first-order valence-electron chi connectivity index (χ1n) is 7.52. The first-order valence-corrected chi connectivity index (χ1v) is 7.52. The molecule has 0 saturated carbocycles. The number of rotatable bonds is 4. The summed E-state index contributed by atoms with van der Waals surface area (Å²) in [6.07, 6.45) is 6.39. The van der Waals surface area contributed by atoms with Crippen molar-refractivity contribution in [3.63, 3.8) is 0 Å². The van der Waals surface area contributed by atoms with Gasteiger partial charge in [0.05, 0.1) is 5.69 Å². The standard InChI is InChI=1S/C15H27N3O/c1-4-18-13(9-10-16-18)14(19)15(2,3)17-11-7-5-6-8-12-17/h9-10,14,19H,4-8,11-12H2,1-3H3. The molecule has 0 radical (unpaired) electrons. The molecule has 19 heavy (non-hydrogen) atoms. The minimum atomic E-state index is -0.493. The van der Waals surface area contributed by atoms with E-state index in [0.29, 0.717) is 0 Å². The van der Waals surface area contributed by atoms with Crippen LogP contribution in [-0.2, 0) is 6.54 Å². The Labute approximate surface area is 116 Å². The predicted octanol–water partition coefficient (Wildman–Crippen LogP) is 2.59. The average Bonchev–Trinajstić information content (AvgIpc) is 2.69. The van der Waals surface area contributed by atoms with E-state index in [4.69, 9.17) is 0 Å². The molecule has 1 aliphatic rings. The fourth-order valence-corrected chi connectivity index (χ4v) is 3.02. The molecular formula is C15H27N3O. The van der Waals surface area contributed by atoms with Gasteiger partial charge in [0.2, 0.25) is 0 Å². The van der Waals surface area contributed by atoms with Crippen LogP contribution in [0.1, 0.15) is 58.3 Å². The van der Waals surface area contributed by atoms with Crippen molar-refractivity contribution in [1.29, 1.82) is 0 Å². The van der Waals surface area contributed by atoms with Crippen molar-refractivity contribution < 1.29 is 5.11 Å². The Balaban J connectivity index is 2.17. The highest BCUT2D eigenvalue weighted by Crippen LogP contribution is 2.32. The molecule has 108 valence electrons. The largest absolute Gasteiger partial charge is 0.385 e. The van der Waals surface area contributed by atoms with Gasteiger partial charge in [0, 0.05) is 18.3 Å². The van der Waals surface area contributed by atoms with Gasteiger partial charge in [0.25, 0.3) is 0 Å². The summed E-state index contributed by atoms with van der Waals surface area (Å²) in [7, 11) is 0. The highest BCUT2D eigenvalue weighted by Gasteiger charge is 2.36. The van der Waals surface area contributed by atoms with Gasteiger partial charge in [-0.05, 0) is 52.8 Å². The maximum atomic E-state index is 10.8. The Kier molecular flexibility index (Phi) is 4.63. The summed E-state index contributed by atoms with van der Waals surface area (Å²) in [5.74, 6) is 0. The van der Waals surface area contributed by atoms with Crippen LogP contribution >= 0.6 is 0 Å². The monoisotopic (exact) mass is 265 g/mol. The highest BCUT2D eigenvalue weighted by atomic mass is 16.3. The first-order chi connectivity index (χ1) is 9.07. The van der Waals surface area contributed by atoms with Crippen LogP contribution in [0.3, 0.4) is 0 Å². The maximum absolute atomic E-state index is 10.8. The van der Waals surface area contributed by atoms with Crippen molar-refractivity contribution in [3.8, 4) is 0 Å². The van der Waals surface area contributed by atoms with E-state index >= 15 is 0 Å². The van der Waals surface area contributed by atoms with E-state index in [0.717, 1.165) is 25.3 Å². The molecule has 0 bridgehead atoms. The van der Waals surface area contributed by atoms with Gasteiger partial charge in [0.15, 0.2) is 0 Å². The molecular weight excluding hydrogens is 238 g/mol. The van der Waals surface area contributed by atoms with E-state index in [1.54, 1.807) is 6.20 Å². The van der Waals surface area contributed by atoms with E-state index in [9.17, 15) is 5.11 Å². The molecule has 1 aliphatic heterocycles. The van der Waals surface area contributed by atoms with Gasteiger partial charge in [-0.25, -0.2) is 0 Å². The molecule has 1 fully saturated rings. The average molecular weight is 265 g/mol. The fourth-order valence-electron chi connectivity index (χ4n) is 3.02. The third kappa shape index (κ3) is 3.00. The molecule has 2 heterocycles. The van der Waals surface area contributed by atoms with Gasteiger partial charge in [-0.1, -0.05) is 12.8 Å². The van der Waals surface area contributed by atoms with E-state index in [-0.39, 0.29) is 5.54 Å². The zero-order chi connectivity index (χ0) is 13.9. The summed E-state index contributed by atoms with van der Waals surface area (Å²) in [6, 6.07) is 1.94. The molecule has 1 saturated heterocycles. The molecule has 1 aromatic heterocycles. The number of aliphatic hydroxyl groups is 1. The summed E-state index contributed by atoms with van der Waals surface area (Å²) in [6.45, 7) is 9.33. The quantitative estimate of drug-likeness (QED) is 0.910. The van der Waals surface area contributed by atoms with Gasteiger partial charge in [-0.15, -0.1) is 0 Å². The van der Waals surface area contributed by atoms with E-state index in [2.05, 4.69) is 30.8 Å². The number of aromatic nitrogens is 2. The number of nitrogens with zero attached hydrogens (tertiary/aromatic N) is 3. The van der Waals surface area contributed by atoms with E-state index in [1.165, 1.54) is 25.7 Å². The second-order valence-electron chi connectivity index (χ2n) is 6.03. The normalized spacial score (nSPS) is 20.2. The van der Waals surface area contributed by atoms with Crippen LogP contribution in [0.4, 0.5) is 0 Å². The Morgan fingerprint density at radius 2 is 1.89 bits per heavy atom. The molecule has 4 nitrogen and oxygen atoms in total. The first kappa shape index (κ1) is 14.5. The van der Waals surface area contributed by atoms with Crippen molar-refractivity contribution in [3.05, 3.63) is 18.0 Å². The zero-order valence-corrected chi connectivity index (χ0v) is 12.5. The molecule has 0 amide bonds. The molecule has 0 spiro atoms. The van der Waals surface area contributed by atoms with Gasteiger partial charge in [0.1, 0.15) is 6.10 Å². The van der Waals surface area contributed by atoms with Crippen LogP contribution in [0, 0.1) is 0 Å². The second-order valence-corrected chi connectivity index (χ2v) is 6.03. The second kappa shape index (κ2) is 6.06. The number of hydrogen-bond donors (Lipinski definition) is 1. The summed E-state index contributed by atoms with van der Waals surface area (Å²) in [4.78, 5) is 2.44. The third-order valence-corrected chi connectivity index (χ3v) is 4.42. The SMILES string of the molecule is CCn1nccc1C(O)C(C)(C)N1CCCCCC1. The van der Waals surface area contributed by atoms with E-state index < -0.39 is 6.10 Å². The summed E-state index contributed by atoms with van der Waals surface area (Å²) >= 11 is 0. The van der Waals surface area contributed by atoms with Crippen molar-refractivity contribution in [1.82, 2.24) is 14.7 Å². The van der Waals surface area contributed by atoms with Crippen molar-refractivity contribution in [2.45, 2.75) is 64.6 Å². The van der Waals surface area contributed by atoms with Gasteiger partial charge in [-0.2, -0.15) is 5.10 Å². The molecule has 4 heteroatoms. The Bertz CT molecular complexity index is 392. The lowest BCUT2D eigenvalue weighted by Gasteiger charge is -2.41. The van der Waals surface area contributed by atoms with Gasteiger partial charge < -0.3 is 5.11 Å². The Hall–Kier alpha value is -0.870. The Morgan fingerprint density at radius 3 is 2.47 bits per heavy atom. The number of likely N-dealkylation sites (tertiary alicyclic amines) is 1. The minimum absolute atomic E-state index is 0.239. The summed E-state index contributed by atoms with van der Waals surface area (Å²) in [5.41, 5.74) is 0.689. The molecule has 1 N–H and O–H groups in total. The van der Waals surface area contributed by atoms with Crippen LogP contribution < -0.4 is 0 Å². The molecule has 2 rings (SSSR count). The predicted molar refractivity (Wildman–Crippen MR) is 77.0 cm³/mol. The summed E-state index contributed by atoms with van der Waals surface area (Å²) in [5, 5.41) is 15.1. The molecule has 0 aliphatic carbocycles. The third-order valence-electron chi connectivity index (χ3n) is 4.42. The van der Waals surface area contributed by atoms with Crippen molar-refractivity contribution in [2.75, 3.05) is 13.1 Å². The molecule has 1 atom stereocenters. The van der Waals surface area contributed by atoms with Gasteiger partial charge >= 0.3 is 0 Å². The lowest BCUT2D eigenvalue weighted by Crippen LogP contribution is -2.49. The summed E-state index contributed by atoms with van der Waals surface area (Å²) < 4.78 is 1.89. The number of hydrogen-bond acceptors (Lipinski definition) is 3. The minimum Gasteiger partial charge on any atom is -0.385 e. The van der Waals surface area contributed by atoms with Crippen molar-refractivity contribution >= 4 is 0 Å². The number of aliphatic hydroxyl groups excluding tert-OH is 1. The van der Waals surface area contributed by atoms with E-state index in [1.807, 2.05) is 10.7 Å². The fraction of sp³-hybridized carbons (Fsp3) is 0.800. The Morgan fingerprint density at radius 1 is 1.26 bits per heavy atom.